The molecule has 1 aliphatic heterocycles. The van der Waals surface area contributed by atoms with Crippen molar-refractivity contribution < 1.29 is 28.7 Å². The van der Waals surface area contributed by atoms with E-state index < -0.39 is 36.2 Å². The Kier molecular flexibility index (Phi) is 8.11. The van der Waals surface area contributed by atoms with E-state index in [-0.39, 0.29) is 18.4 Å². The van der Waals surface area contributed by atoms with Gasteiger partial charge in [-0.1, -0.05) is 32.9 Å². The zero-order valence-electron chi connectivity index (χ0n) is 20.4. The Balaban J connectivity index is 1.46. The SMILES string of the molecule is CCOc1ccc(NC(=O)COC(=O)[C@H]2CC(=O)N(NC(=O)c3ccc(C(C)(C)C)cc3)C2)cc1. The van der Waals surface area contributed by atoms with Gasteiger partial charge in [0.05, 0.1) is 19.1 Å². The molecule has 3 rings (SSSR count). The van der Waals surface area contributed by atoms with Gasteiger partial charge in [0.2, 0.25) is 5.91 Å². The van der Waals surface area contributed by atoms with Gasteiger partial charge >= 0.3 is 5.97 Å². The zero-order chi connectivity index (χ0) is 25.6. The number of carbonyl (C=O) groups excluding carboxylic acids is 4. The quantitative estimate of drug-likeness (QED) is 0.560. The Morgan fingerprint density at radius 2 is 1.69 bits per heavy atom. The number of nitrogens with one attached hydrogen (secondary N) is 2. The predicted octanol–water partition coefficient (Wildman–Crippen LogP) is 3.06. The summed E-state index contributed by atoms with van der Waals surface area (Å²) in [6, 6.07) is 13.9. The van der Waals surface area contributed by atoms with E-state index in [2.05, 4.69) is 31.5 Å². The van der Waals surface area contributed by atoms with E-state index in [1.165, 1.54) is 0 Å². The molecule has 0 saturated carbocycles. The van der Waals surface area contributed by atoms with E-state index in [1.54, 1.807) is 36.4 Å². The van der Waals surface area contributed by atoms with Crippen molar-refractivity contribution in [1.29, 1.82) is 0 Å². The number of nitrogens with zero attached hydrogens (tertiary/aromatic N) is 1. The number of carbonyl (C=O) groups is 4. The first-order chi connectivity index (χ1) is 16.6. The van der Waals surface area contributed by atoms with Crippen molar-refractivity contribution in [3.63, 3.8) is 0 Å². The van der Waals surface area contributed by atoms with E-state index in [4.69, 9.17) is 9.47 Å². The van der Waals surface area contributed by atoms with Gasteiger partial charge in [-0.3, -0.25) is 29.6 Å². The van der Waals surface area contributed by atoms with Crippen LogP contribution in [-0.4, -0.2) is 48.5 Å². The van der Waals surface area contributed by atoms with Crippen molar-refractivity contribution in [2.75, 3.05) is 25.1 Å². The molecule has 2 aromatic rings. The minimum atomic E-state index is -0.774. The average Bonchev–Trinajstić information content (AvgIpc) is 3.18. The smallest absolute Gasteiger partial charge is 0.311 e. The van der Waals surface area contributed by atoms with Crippen molar-refractivity contribution >= 4 is 29.4 Å². The van der Waals surface area contributed by atoms with E-state index in [1.807, 2.05) is 19.1 Å². The van der Waals surface area contributed by atoms with Crippen molar-refractivity contribution in [1.82, 2.24) is 10.4 Å². The van der Waals surface area contributed by atoms with Crippen LogP contribution in [0.2, 0.25) is 0 Å². The maximum absolute atomic E-state index is 12.5. The van der Waals surface area contributed by atoms with Crippen LogP contribution in [0.4, 0.5) is 5.69 Å². The molecule has 186 valence electrons. The highest BCUT2D eigenvalue weighted by molar-refractivity contribution is 5.97. The molecule has 1 atom stereocenters. The van der Waals surface area contributed by atoms with E-state index in [0.717, 1.165) is 10.6 Å². The minimum Gasteiger partial charge on any atom is -0.494 e. The summed E-state index contributed by atoms with van der Waals surface area (Å²) in [5.41, 5.74) is 4.53. The number of benzene rings is 2. The normalized spacial score (nSPS) is 15.5. The molecule has 0 aliphatic carbocycles. The van der Waals surface area contributed by atoms with Gasteiger partial charge in [-0.15, -0.1) is 0 Å². The van der Waals surface area contributed by atoms with Crippen LogP contribution < -0.4 is 15.5 Å². The average molecular weight is 482 g/mol. The molecule has 0 unspecified atom stereocenters. The van der Waals surface area contributed by atoms with Gasteiger partial charge in [0.15, 0.2) is 6.61 Å². The number of anilines is 1. The number of hydrazine groups is 1. The van der Waals surface area contributed by atoms with Crippen molar-refractivity contribution in [2.24, 2.45) is 5.92 Å². The predicted molar refractivity (Wildman–Crippen MR) is 130 cm³/mol. The minimum absolute atomic E-state index is 0.0238. The molecule has 1 aliphatic rings. The third-order valence-corrected chi connectivity index (χ3v) is 5.50. The largest absolute Gasteiger partial charge is 0.494 e. The maximum Gasteiger partial charge on any atom is 0.311 e. The summed E-state index contributed by atoms with van der Waals surface area (Å²) in [4.78, 5) is 49.3. The first-order valence-corrected chi connectivity index (χ1v) is 11.5. The molecule has 1 fully saturated rings. The lowest BCUT2D eigenvalue weighted by molar-refractivity contribution is -0.151. The summed E-state index contributed by atoms with van der Waals surface area (Å²) in [5, 5.41) is 3.74. The summed E-state index contributed by atoms with van der Waals surface area (Å²) in [6.07, 6.45) is -0.109. The van der Waals surface area contributed by atoms with Crippen LogP contribution in [0.3, 0.4) is 0 Å². The standard InChI is InChI=1S/C26H31N3O6/c1-5-34-21-12-10-20(11-13-21)27-22(30)16-35-25(33)18-14-23(31)29(15-18)28-24(32)17-6-8-19(9-7-17)26(2,3)4/h6-13,18H,5,14-16H2,1-4H3,(H,27,30)(H,28,32)/t18-/m0/s1. The van der Waals surface area contributed by atoms with E-state index >= 15 is 0 Å². The third-order valence-electron chi connectivity index (χ3n) is 5.50. The molecule has 9 heteroatoms. The van der Waals surface area contributed by atoms with Crippen LogP contribution >= 0.6 is 0 Å². The summed E-state index contributed by atoms with van der Waals surface area (Å²) in [7, 11) is 0. The summed E-state index contributed by atoms with van der Waals surface area (Å²) in [6.45, 7) is 8.14. The van der Waals surface area contributed by atoms with Gasteiger partial charge < -0.3 is 14.8 Å². The van der Waals surface area contributed by atoms with E-state index in [9.17, 15) is 19.2 Å². The first-order valence-electron chi connectivity index (χ1n) is 11.5. The Hall–Kier alpha value is -3.88. The zero-order valence-corrected chi connectivity index (χ0v) is 20.4. The summed E-state index contributed by atoms with van der Waals surface area (Å²) >= 11 is 0. The van der Waals surface area contributed by atoms with Gasteiger partial charge in [-0.05, 0) is 54.3 Å². The molecule has 9 nitrogen and oxygen atoms in total. The van der Waals surface area contributed by atoms with Crippen LogP contribution in [0.5, 0.6) is 5.75 Å². The van der Waals surface area contributed by atoms with Gasteiger partial charge in [0.25, 0.3) is 11.8 Å². The molecular weight excluding hydrogens is 450 g/mol. The monoisotopic (exact) mass is 481 g/mol. The Morgan fingerprint density at radius 3 is 2.29 bits per heavy atom. The van der Waals surface area contributed by atoms with Crippen LogP contribution in [0, 0.1) is 5.92 Å². The second-order valence-corrected chi connectivity index (χ2v) is 9.29. The van der Waals surface area contributed by atoms with Gasteiger partial charge in [-0.25, -0.2) is 0 Å². The second kappa shape index (κ2) is 11.0. The van der Waals surface area contributed by atoms with Crippen molar-refractivity contribution in [3.05, 3.63) is 59.7 Å². The van der Waals surface area contributed by atoms with Crippen molar-refractivity contribution in [2.45, 2.75) is 39.5 Å². The second-order valence-electron chi connectivity index (χ2n) is 9.29. The molecule has 1 saturated heterocycles. The fourth-order valence-corrected chi connectivity index (χ4v) is 3.54. The topological polar surface area (TPSA) is 114 Å². The van der Waals surface area contributed by atoms with E-state index in [0.29, 0.717) is 23.6 Å². The lowest BCUT2D eigenvalue weighted by Gasteiger charge is -2.20. The number of esters is 1. The lowest BCUT2D eigenvalue weighted by Crippen LogP contribution is -2.43. The molecule has 0 aromatic heterocycles. The number of hydrogen-bond donors (Lipinski definition) is 2. The molecular formula is C26H31N3O6. The highest BCUT2D eigenvalue weighted by Crippen LogP contribution is 2.23. The Bertz CT molecular complexity index is 1070. The first kappa shape index (κ1) is 25.7. The third kappa shape index (κ3) is 7.05. The Morgan fingerprint density at radius 1 is 1.03 bits per heavy atom. The summed E-state index contributed by atoms with van der Waals surface area (Å²) < 4.78 is 10.4. The molecule has 2 N–H and O–H groups in total. The maximum atomic E-state index is 12.5. The molecule has 0 spiro atoms. The fourth-order valence-electron chi connectivity index (χ4n) is 3.54. The molecule has 1 heterocycles. The van der Waals surface area contributed by atoms with Gasteiger partial charge in [0.1, 0.15) is 5.75 Å². The molecule has 0 radical (unpaired) electrons. The highest BCUT2D eigenvalue weighted by Gasteiger charge is 2.36. The molecule has 0 bridgehead atoms. The molecule has 3 amide bonds. The molecule has 35 heavy (non-hydrogen) atoms. The van der Waals surface area contributed by atoms with Gasteiger partial charge in [-0.2, -0.15) is 0 Å². The molecule has 2 aromatic carbocycles. The van der Waals surface area contributed by atoms with Crippen LogP contribution in [0.25, 0.3) is 0 Å². The van der Waals surface area contributed by atoms with Crippen LogP contribution in [0.15, 0.2) is 48.5 Å². The van der Waals surface area contributed by atoms with Crippen molar-refractivity contribution in [3.8, 4) is 5.75 Å². The number of amides is 3. The van der Waals surface area contributed by atoms with Crippen LogP contribution in [-0.2, 0) is 24.5 Å². The summed E-state index contributed by atoms with van der Waals surface area (Å²) in [5.74, 6) is -2.11. The Labute approximate surface area is 204 Å². The van der Waals surface area contributed by atoms with Crippen LogP contribution in [0.1, 0.15) is 50.0 Å². The number of ether oxygens (including phenoxy) is 2. The number of rotatable bonds is 8. The van der Waals surface area contributed by atoms with Gasteiger partial charge in [0, 0.05) is 17.7 Å². The fraction of sp³-hybridized carbons (Fsp3) is 0.385. The lowest BCUT2D eigenvalue weighted by atomic mass is 9.87. The highest BCUT2D eigenvalue weighted by atomic mass is 16.5. The number of hydrogen-bond acceptors (Lipinski definition) is 6.